The lowest BCUT2D eigenvalue weighted by Crippen LogP contribution is -2.41. The number of hydrogen-bond acceptors (Lipinski definition) is 7. The lowest BCUT2D eigenvalue weighted by Gasteiger charge is -2.29. The maximum absolute atomic E-state index is 12.1. The van der Waals surface area contributed by atoms with E-state index in [1.165, 1.54) is 7.11 Å². The lowest BCUT2D eigenvalue weighted by atomic mass is 9.93. The Hall–Kier alpha value is -3.03. The molecular weight excluding hydrogens is 362 g/mol. The van der Waals surface area contributed by atoms with Crippen molar-refractivity contribution in [2.24, 2.45) is 0 Å². The van der Waals surface area contributed by atoms with Gasteiger partial charge in [-0.25, -0.2) is 9.97 Å². The van der Waals surface area contributed by atoms with Crippen LogP contribution in [0.5, 0.6) is 23.3 Å². The van der Waals surface area contributed by atoms with Crippen LogP contribution in [-0.4, -0.2) is 48.8 Å². The molecule has 1 aromatic carbocycles. The molecule has 1 N–H and O–H groups in total. The largest absolute Gasteiger partial charge is 0.497 e. The number of nitrogens with one attached hydrogen (secondary N) is 1. The number of carbonyl (C=O) groups excluding carboxylic acids is 1. The molecule has 0 bridgehead atoms. The van der Waals surface area contributed by atoms with Crippen molar-refractivity contribution in [1.29, 1.82) is 0 Å². The molecule has 0 saturated heterocycles. The average molecular weight is 387 g/mol. The molecule has 150 valence electrons. The van der Waals surface area contributed by atoms with E-state index >= 15 is 0 Å². The maximum Gasteiger partial charge on any atom is 0.278 e. The van der Waals surface area contributed by atoms with Crippen LogP contribution in [0.2, 0.25) is 0 Å². The highest BCUT2D eigenvalue weighted by atomic mass is 16.5. The van der Waals surface area contributed by atoms with Crippen LogP contribution in [0.25, 0.3) is 0 Å². The fourth-order valence-electron chi connectivity index (χ4n) is 3.11. The molecule has 1 fully saturated rings. The number of carbonyl (C=O) groups is 1. The van der Waals surface area contributed by atoms with Crippen LogP contribution in [0.4, 0.5) is 0 Å². The molecule has 1 aliphatic carbocycles. The van der Waals surface area contributed by atoms with Crippen molar-refractivity contribution in [3.63, 3.8) is 0 Å². The second-order valence-electron chi connectivity index (χ2n) is 6.49. The second-order valence-corrected chi connectivity index (χ2v) is 6.49. The minimum absolute atomic E-state index is 0.0143. The number of nitrogens with zero attached hydrogens (tertiary/aromatic N) is 2. The summed E-state index contributed by atoms with van der Waals surface area (Å²) in [6, 6.07) is 7.25. The quantitative estimate of drug-likeness (QED) is 0.743. The second kappa shape index (κ2) is 9.77. The Morgan fingerprint density at radius 3 is 2.25 bits per heavy atom. The fraction of sp³-hybridized carbons (Fsp3) is 0.450. The first-order valence-electron chi connectivity index (χ1n) is 9.26. The molecule has 8 heteroatoms. The maximum atomic E-state index is 12.1. The normalized spacial score (nSPS) is 18.8. The smallest absolute Gasteiger partial charge is 0.278 e. The Balaban J connectivity index is 1.39. The Bertz CT molecular complexity index is 761. The van der Waals surface area contributed by atoms with Gasteiger partial charge < -0.3 is 24.3 Å². The molecule has 0 aliphatic heterocycles. The van der Waals surface area contributed by atoms with Crippen LogP contribution in [0.1, 0.15) is 25.7 Å². The van der Waals surface area contributed by atoms with Gasteiger partial charge in [-0.3, -0.25) is 4.79 Å². The zero-order valence-corrected chi connectivity index (χ0v) is 16.1. The van der Waals surface area contributed by atoms with E-state index in [4.69, 9.17) is 18.9 Å². The number of amides is 1. The summed E-state index contributed by atoms with van der Waals surface area (Å²) in [4.78, 5) is 20.4. The number of benzene rings is 1. The third-order valence-corrected chi connectivity index (χ3v) is 4.57. The topological polar surface area (TPSA) is 91.8 Å². The lowest BCUT2D eigenvalue weighted by molar-refractivity contribution is -0.124. The predicted molar refractivity (Wildman–Crippen MR) is 102 cm³/mol. The average Bonchev–Trinajstić information content (AvgIpc) is 2.74. The van der Waals surface area contributed by atoms with Gasteiger partial charge in [-0.05, 0) is 49.9 Å². The zero-order valence-electron chi connectivity index (χ0n) is 16.1. The van der Waals surface area contributed by atoms with Gasteiger partial charge in [0.15, 0.2) is 6.61 Å². The molecule has 0 atom stereocenters. The summed E-state index contributed by atoms with van der Waals surface area (Å²) in [5.41, 5.74) is 0. The van der Waals surface area contributed by atoms with E-state index < -0.39 is 0 Å². The van der Waals surface area contributed by atoms with Gasteiger partial charge in [0.05, 0.1) is 14.2 Å². The molecule has 1 heterocycles. The molecule has 2 aromatic rings. The molecule has 1 saturated carbocycles. The summed E-state index contributed by atoms with van der Waals surface area (Å²) in [5, 5.41) is 3.02. The Morgan fingerprint density at radius 1 is 0.964 bits per heavy atom. The van der Waals surface area contributed by atoms with Crippen molar-refractivity contribution >= 4 is 5.91 Å². The number of ether oxygens (including phenoxy) is 4. The highest BCUT2D eigenvalue weighted by Crippen LogP contribution is 2.27. The summed E-state index contributed by atoms with van der Waals surface area (Å²) in [6.07, 6.45) is 6.49. The van der Waals surface area contributed by atoms with Crippen LogP contribution in [0.15, 0.2) is 36.7 Å². The van der Waals surface area contributed by atoms with Gasteiger partial charge in [-0.2, -0.15) is 0 Å². The van der Waals surface area contributed by atoms with Crippen LogP contribution in [0.3, 0.4) is 0 Å². The molecule has 1 aliphatic rings. The van der Waals surface area contributed by atoms with Gasteiger partial charge in [0, 0.05) is 18.4 Å². The molecule has 28 heavy (non-hydrogen) atoms. The van der Waals surface area contributed by atoms with E-state index in [1.54, 1.807) is 43.8 Å². The molecule has 0 unspecified atom stereocenters. The van der Waals surface area contributed by atoms with Crippen LogP contribution in [0, 0.1) is 0 Å². The van der Waals surface area contributed by atoms with Gasteiger partial charge in [0.25, 0.3) is 17.7 Å². The van der Waals surface area contributed by atoms with Gasteiger partial charge in [0.1, 0.15) is 17.6 Å². The van der Waals surface area contributed by atoms with Crippen molar-refractivity contribution < 1.29 is 23.7 Å². The molecule has 0 radical (unpaired) electrons. The van der Waals surface area contributed by atoms with E-state index in [9.17, 15) is 4.79 Å². The minimum Gasteiger partial charge on any atom is -0.497 e. The number of aromatic nitrogens is 2. The van der Waals surface area contributed by atoms with E-state index in [0.717, 1.165) is 31.4 Å². The van der Waals surface area contributed by atoms with Crippen LogP contribution >= 0.6 is 0 Å². The van der Waals surface area contributed by atoms with Crippen molar-refractivity contribution in [2.45, 2.75) is 37.8 Å². The summed E-state index contributed by atoms with van der Waals surface area (Å²) in [6.45, 7) is -0.0143. The molecule has 3 rings (SSSR count). The monoisotopic (exact) mass is 387 g/mol. The molecular formula is C20H25N3O5. The first-order chi connectivity index (χ1) is 13.7. The first-order valence-corrected chi connectivity index (χ1v) is 9.26. The van der Waals surface area contributed by atoms with Crippen molar-refractivity contribution in [1.82, 2.24) is 15.3 Å². The third-order valence-electron chi connectivity index (χ3n) is 4.57. The summed E-state index contributed by atoms with van der Waals surface area (Å²) < 4.78 is 21.7. The molecule has 1 amide bonds. The number of rotatable bonds is 8. The number of methoxy groups -OCH3 is 2. The standard InChI is InChI=1S/C20H25N3O5/c1-25-15-7-9-16(10-8-15)27-13-18(24)23-14-3-5-17(6-4-14)28-20-19(26-2)21-11-12-22-20/h7-12,14,17H,3-6,13H2,1-2H3,(H,23,24). The van der Waals surface area contributed by atoms with E-state index in [0.29, 0.717) is 17.5 Å². The first kappa shape index (κ1) is 19.7. The van der Waals surface area contributed by atoms with Gasteiger partial charge >= 0.3 is 0 Å². The van der Waals surface area contributed by atoms with Crippen molar-refractivity contribution in [3.05, 3.63) is 36.7 Å². The van der Waals surface area contributed by atoms with Crippen molar-refractivity contribution in [3.8, 4) is 23.3 Å². The Morgan fingerprint density at radius 2 is 1.61 bits per heavy atom. The highest BCUT2D eigenvalue weighted by molar-refractivity contribution is 5.77. The number of hydrogen-bond donors (Lipinski definition) is 1. The third kappa shape index (κ3) is 5.48. The summed E-state index contributed by atoms with van der Waals surface area (Å²) >= 11 is 0. The van der Waals surface area contributed by atoms with Gasteiger partial charge in [-0.15, -0.1) is 0 Å². The zero-order chi connectivity index (χ0) is 19.8. The fourth-order valence-corrected chi connectivity index (χ4v) is 3.11. The van der Waals surface area contributed by atoms with Gasteiger partial charge in [0.2, 0.25) is 0 Å². The SMILES string of the molecule is COc1ccc(OCC(=O)NC2CCC(Oc3nccnc3OC)CC2)cc1. The Labute approximate surface area is 164 Å². The van der Waals surface area contributed by atoms with Gasteiger partial charge in [-0.1, -0.05) is 0 Å². The summed E-state index contributed by atoms with van der Waals surface area (Å²) in [5.74, 6) is 2.04. The van der Waals surface area contributed by atoms with E-state index in [2.05, 4.69) is 15.3 Å². The van der Waals surface area contributed by atoms with Crippen molar-refractivity contribution in [2.75, 3.05) is 20.8 Å². The predicted octanol–water partition coefficient (Wildman–Crippen LogP) is 2.38. The van der Waals surface area contributed by atoms with Crippen LogP contribution in [-0.2, 0) is 4.79 Å². The van der Waals surface area contributed by atoms with E-state index in [1.807, 2.05) is 0 Å². The summed E-state index contributed by atoms with van der Waals surface area (Å²) in [7, 11) is 3.14. The minimum atomic E-state index is -0.129. The molecule has 1 aromatic heterocycles. The molecule has 0 spiro atoms. The molecule has 8 nitrogen and oxygen atoms in total. The van der Waals surface area contributed by atoms with E-state index in [-0.39, 0.29) is 24.7 Å². The van der Waals surface area contributed by atoms with Crippen LogP contribution < -0.4 is 24.3 Å². The Kier molecular flexibility index (Phi) is 6.89. The highest BCUT2D eigenvalue weighted by Gasteiger charge is 2.25.